The number of fused-ring (bicyclic) bond motifs is 1. The van der Waals surface area contributed by atoms with E-state index < -0.39 is 6.10 Å². The lowest BCUT2D eigenvalue weighted by Crippen LogP contribution is -2.67. The fourth-order valence-corrected chi connectivity index (χ4v) is 4.82. The third kappa shape index (κ3) is 4.28. The van der Waals surface area contributed by atoms with Crippen molar-refractivity contribution in [2.45, 2.75) is 25.0 Å². The molecule has 1 spiro atoms. The Labute approximate surface area is 187 Å². The molecule has 0 bridgehead atoms. The highest BCUT2D eigenvalue weighted by atomic mass is 16.5. The SMILES string of the molecule is O=C(NCC(O)CNC1Cc2ccccc2C1)c1ccc(C(=O)N2CC3(COC3)C2)cc1. The van der Waals surface area contributed by atoms with Gasteiger partial charge in [-0.25, -0.2) is 0 Å². The molecule has 168 valence electrons. The summed E-state index contributed by atoms with van der Waals surface area (Å²) >= 11 is 0. The summed E-state index contributed by atoms with van der Waals surface area (Å²) in [6.07, 6.45) is 1.26. The van der Waals surface area contributed by atoms with E-state index in [-0.39, 0.29) is 23.8 Å². The molecule has 0 radical (unpaired) electrons. The number of amides is 2. The van der Waals surface area contributed by atoms with Crippen LogP contribution in [0.15, 0.2) is 48.5 Å². The molecule has 1 unspecified atom stereocenters. The minimum atomic E-state index is -0.669. The smallest absolute Gasteiger partial charge is 0.253 e. The average Bonchev–Trinajstić information content (AvgIpc) is 3.17. The van der Waals surface area contributed by atoms with Crippen molar-refractivity contribution in [3.63, 3.8) is 0 Å². The molecule has 1 aliphatic carbocycles. The van der Waals surface area contributed by atoms with Crippen LogP contribution >= 0.6 is 0 Å². The zero-order chi connectivity index (χ0) is 22.1. The third-order valence-electron chi connectivity index (χ3n) is 6.74. The van der Waals surface area contributed by atoms with E-state index in [1.54, 1.807) is 24.3 Å². The summed E-state index contributed by atoms with van der Waals surface area (Å²) in [4.78, 5) is 26.8. The molecule has 32 heavy (non-hydrogen) atoms. The van der Waals surface area contributed by atoms with Crippen LogP contribution in [0.2, 0.25) is 0 Å². The lowest BCUT2D eigenvalue weighted by atomic mass is 9.78. The Bertz CT molecular complexity index is 970. The normalized spacial score (nSPS) is 19.7. The Morgan fingerprint density at radius 1 is 1.00 bits per heavy atom. The minimum absolute atomic E-state index is 0.00922. The zero-order valence-corrected chi connectivity index (χ0v) is 18.0. The number of benzene rings is 2. The number of nitrogens with one attached hydrogen (secondary N) is 2. The number of rotatable bonds is 7. The molecule has 2 aliphatic heterocycles. The van der Waals surface area contributed by atoms with Crippen LogP contribution in [0.5, 0.6) is 0 Å². The van der Waals surface area contributed by atoms with Gasteiger partial charge in [0, 0.05) is 43.3 Å². The van der Waals surface area contributed by atoms with Gasteiger partial charge in [0.1, 0.15) is 0 Å². The number of aliphatic hydroxyl groups excluding tert-OH is 1. The van der Waals surface area contributed by atoms with E-state index in [2.05, 4.69) is 34.9 Å². The van der Waals surface area contributed by atoms with Crippen molar-refractivity contribution in [3.8, 4) is 0 Å². The Kier molecular flexibility index (Phi) is 5.71. The van der Waals surface area contributed by atoms with Gasteiger partial charge in [0.05, 0.1) is 24.7 Å². The fraction of sp³-hybridized carbons (Fsp3) is 0.440. The second-order valence-corrected chi connectivity index (χ2v) is 9.38. The van der Waals surface area contributed by atoms with Gasteiger partial charge in [-0.1, -0.05) is 24.3 Å². The third-order valence-corrected chi connectivity index (χ3v) is 6.74. The van der Waals surface area contributed by atoms with Gasteiger partial charge in [0.25, 0.3) is 11.8 Å². The van der Waals surface area contributed by atoms with Gasteiger partial charge in [-0.05, 0) is 48.2 Å². The Balaban J connectivity index is 1.04. The summed E-state index contributed by atoms with van der Waals surface area (Å²) < 4.78 is 5.25. The van der Waals surface area contributed by atoms with Crippen molar-refractivity contribution in [2.24, 2.45) is 5.41 Å². The monoisotopic (exact) mass is 435 g/mol. The predicted octanol–water partition coefficient (Wildman–Crippen LogP) is 1.01. The van der Waals surface area contributed by atoms with Crippen molar-refractivity contribution < 1.29 is 19.4 Å². The maximum Gasteiger partial charge on any atom is 0.253 e. The van der Waals surface area contributed by atoms with E-state index in [0.717, 1.165) is 39.1 Å². The van der Waals surface area contributed by atoms with Crippen LogP contribution in [-0.2, 0) is 17.6 Å². The van der Waals surface area contributed by atoms with Gasteiger partial charge in [-0.2, -0.15) is 0 Å². The van der Waals surface area contributed by atoms with Crippen LogP contribution in [0.4, 0.5) is 0 Å². The number of hydrogen-bond acceptors (Lipinski definition) is 5. The lowest BCUT2D eigenvalue weighted by Gasteiger charge is -2.54. The highest BCUT2D eigenvalue weighted by Gasteiger charge is 2.50. The first-order chi connectivity index (χ1) is 15.5. The molecule has 2 aromatic rings. The number of hydrogen-bond donors (Lipinski definition) is 3. The summed E-state index contributed by atoms with van der Waals surface area (Å²) in [5.41, 5.74) is 3.96. The van der Waals surface area contributed by atoms with Crippen molar-refractivity contribution in [1.82, 2.24) is 15.5 Å². The molecule has 7 heteroatoms. The Morgan fingerprint density at radius 3 is 2.22 bits per heavy atom. The quantitative estimate of drug-likeness (QED) is 0.604. The lowest BCUT2D eigenvalue weighted by molar-refractivity contribution is -0.176. The fourth-order valence-electron chi connectivity index (χ4n) is 4.82. The maximum atomic E-state index is 12.5. The highest BCUT2D eigenvalue weighted by Crippen LogP contribution is 2.38. The van der Waals surface area contributed by atoms with Crippen molar-refractivity contribution in [1.29, 1.82) is 0 Å². The van der Waals surface area contributed by atoms with Crippen molar-refractivity contribution in [3.05, 3.63) is 70.8 Å². The van der Waals surface area contributed by atoms with Crippen LogP contribution in [0, 0.1) is 5.41 Å². The van der Waals surface area contributed by atoms with E-state index in [0.29, 0.717) is 23.7 Å². The molecule has 3 N–H and O–H groups in total. The van der Waals surface area contributed by atoms with Gasteiger partial charge in [-0.3, -0.25) is 9.59 Å². The van der Waals surface area contributed by atoms with E-state index in [9.17, 15) is 14.7 Å². The first kappa shape index (κ1) is 21.1. The minimum Gasteiger partial charge on any atom is -0.390 e. The maximum absolute atomic E-state index is 12.5. The van der Waals surface area contributed by atoms with Gasteiger partial charge >= 0.3 is 0 Å². The van der Waals surface area contributed by atoms with E-state index in [1.807, 2.05) is 4.90 Å². The summed E-state index contributed by atoms with van der Waals surface area (Å²) in [6.45, 7) is 3.57. The second kappa shape index (κ2) is 8.65. The van der Waals surface area contributed by atoms with Gasteiger partial charge in [-0.15, -0.1) is 0 Å². The van der Waals surface area contributed by atoms with Crippen LogP contribution in [-0.4, -0.2) is 73.4 Å². The number of likely N-dealkylation sites (tertiary alicyclic amines) is 1. The number of carbonyl (C=O) groups is 2. The average molecular weight is 436 g/mol. The molecule has 1 atom stereocenters. The molecular formula is C25H29N3O4. The number of carbonyl (C=O) groups excluding carboxylic acids is 2. The van der Waals surface area contributed by atoms with Gasteiger partial charge in [0.15, 0.2) is 0 Å². The largest absolute Gasteiger partial charge is 0.390 e. The van der Waals surface area contributed by atoms with E-state index in [1.165, 1.54) is 11.1 Å². The number of ether oxygens (including phenoxy) is 1. The molecule has 2 heterocycles. The van der Waals surface area contributed by atoms with E-state index in [4.69, 9.17) is 4.74 Å². The standard InChI is InChI=1S/C25H29N3O4/c29-22(11-26-21-9-19-3-1-2-4-20(19)10-21)12-27-23(30)17-5-7-18(8-6-17)24(31)28-13-25(14-28)15-32-16-25/h1-8,21-22,26,29H,9-16H2,(H,27,30). The molecule has 7 nitrogen and oxygen atoms in total. The predicted molar refractivity (Wildman–Crippen MR) is 120 cm³/mol. The Hall–Kier alpha value is -2.74. The summed E-state index contributed by atoms with van der Waals surface area (Å²) in [5, 5.41) is 16.4. The van der Waals surface area contributed by atoms with Gasteiger partial charge in [0.2, 0.25) is 0 Å². The molecule has 5 rings (SSSR count). The van der Waals surface area contributed by atoms with Crippen molar-refractivity contribution >= 4 is 11.8 Å². The molecule has 2 aromatic carbocycles. The van der Waals surface area contributed by atoms with Crippen LogP contribution in [0.3, 0.4) is 0 Å². The molecular weight excluding hydrogens is 406 g/mol. The highest BCUT2D eigenvalue weighted by molar-refractivity contribution is 5.98. The molecule has 0 aromatic heterocycles. The number of nitrogens with zero attached hydrogens (tertiary/aromatic N) is 1. The van der Waals surface area contributed by atoms with E-state index >= 15 is 0 Å². The Morgan fingerprint density at radius 2 is 1.62 bits per heavy atom. The number of aliphatic hydroxyl groups is 1. The van der Waals surface area contributed by atoms with Crippen molar-refractivity contribution in [2.75, 3.05) is 39.4 Å². The van der Waals surface area contributed by atoms with Gasteiger partial charge < -0.3 is 25.4 Å². The second-order valence-electron chi connectivity index (χ2n) is 9.38. The summed E-state index contributed by atoms with van der Waals surface area (Å²) in [7, 11) is 0. The molecule has 2 amide bonds. The molecule has 0 saturated carbocycles. The molecule has 3 aliphatic rings. The summed E-state index contributed by atoms with van der Waals surface area (Å²) in [5.74, 6) is -0.268. The zero-order valence-electron chi connectivity index (χ0n) is 18.0. The first-order valence-electron chi connectivity index (χ1n) is 11.2. The topological polar surface area (TPSA) is 90.9 Å². The first-order valence-corrected chi connectivity index (χ1v) is 11.2. The molecule has 2 fully saturated rings. The molecule has 2 saturated heterocycles. The van der Waals surface area contributed by atoms with Crippen LogP contribution < -0.4 is 10.6 Å². The summed E-state index contributed by atoms with van der Waals surface area (Å²) in [6, 6.07) is 15.4. The van der Waals surface area contributed by atoms with Crippen LogP contribution in [0.1, 0.15) is 31.8 Å². The van der Waals surface area contributed by atoms with Crippen LogP contribution in [0.25, 0.3) is 0 Å².